The van der Waals surface area contributed by atoms with Gasteiger partial charge in [-0.25, -0.2) is 9.18 Å². The van der Waals surface area contributed by atoms with Crippen LogP contribution in [0.2, 0.25) is 0 Å². The maximum absolute atomic E-state index is 13.8. The number of aromatic nitrogens is 2. The van der Waals surface area contributed by atoms with E-state index >= 15 is 0 Å². The first-order valence-corrected chi connectivity index (χ1v) is 5.96. The topological polar surface area (TPSA) is 118 Å². The van der Waals surface area contributed by atoms with Gasteiger partial charge in [-0.3, -0.25) is 19.1 Å². The van der Waals surface area contributed by atoms with Crippen molar-refractivity contribution in [3.63, 3.8) is 0 Å². The molecule has 21 heavy (non-hydrogen) atoms. The minimum Gasteiger partial charge on any atom is -0.494 e. The van der Waals surface area contributed by atoms with Gasteiger partial charge in [0, 0.05) is 5.56 Å². The zero-order valence-electron chi connectivity index (χ0n) is 11.0. The molecule has 2 rings (SSSR count). The number of aromatic hydroxyl groups is 1. The van der Waals surface area contributed by atoms with E-state index in [0.29, 0.717) is 4.57 Å². The molecule has 0 saturated carbocycles. The molecule has 1 aromatic heterocycles. The van der Waals surface area contributed by atoms with Crippen LogP contribution in [0.3, 0.4) is 0 Å². The number of benzene rings is 1. The SMILES string of the molecule is CC(C(N)=O)n1c(O)c(-c2ccccc2F)c(=O)[nH]c1=O. The average Bonchev–Trinajstić information content (AvgIpc) is 2.40. The molecule has 0 radical (unpaired) electrons. The second-order valence-electron chi connectivity index (χ2n) is 4.39. The monoisotopic (exact) mass is 293 g/mol. The van der Waals surface area contributed by atoms with Crippen molar-refractivity contribution in [1.82, 2.24) is 9.55 Å². The number of hydrogen-bond acceptors (Lipinski definition) is 4. The maximum Gasteiger partial charge on any atom is 0.331 e. The molecule has 0 aliphatic heterocycles. The van der Waals surface area contributed by atoms with E-state index in [-0.39, 0.29) is 5.56 Å². The van der Waals surface area contributed by atoms with Crippen LogP contribution in [0.1, 0.15) is 13.0 Å². The quantitative estimate of drug-likeness (QED) is 0.743. The zero-order valence-corrected chi connectivity index (χ0v) is 11.0. The Morgan fingerprint density at radius 2 is 2.00 bits per heavy atom. The number of carbonyl (C=O) groups excluding carboxylic acids is 1. The van der Waals surface area contributed by atoms with Gasteiger partial charge in [-0.15, -0.1) is 0 Å². The summed E-state index contributed by atoms with van der Waals surface area (Å²) in [5.41, 5.74) is 2.48. The highest BCUT2D eigenvalue weighted by Gasteiger charge is 2.23. The van der Waals surface area contributed by atoms with Crippen LogP contribution in [-0.2, 0) is 4.79 Å². The van der Waals surface area contributed by atoms with Crippen LogP contribution in [0.25, 0.3) is 11.1 Å². The van der Waals surface area contributed by atoms with Crippen molar-refractivity contribution in [2.45, 2.75) is 13.0 Å². The number of carbonyl (C=O) groups is 1. The Bertz CT molecular complexity index is 825. The number of nitrogens with zero attached hydrogens (tertiary/aromatic N) is 1. The Labute approximate surface area is 117 Å². The summed E-state index contributed by atoms with van der Waals surface area (Å²) in [4.78, 5) is 36.7. The Kier molecular flexibility index (Phi) is 3.62. The van der Waals surface area contributed by atoms with Crippen LogP contribution in [0.5, 0.6) is 5.88 Å². The highest BCUT2D eigenvalue weighted by molar-refractivity contribution is 5.78. The Morgan fingerprint density at radius 3 is 2.57 bits per heavy atom. The largest absolute Gasteiger partial charge is 0.494 e. The molecule has 1 aromatic carbocycles. The Hall–Kier alpha value is -2.90. The summed E-state index contributed by atoms with van der Waals surface area (Å²) in [6.45, 7) is 1.27. The molecule has 0 aliphatic carbocycles. The lowest BCUT2D eigenvalue weighted by Gasteiger charge is -2.15. The lowest BCUT2D eigenvalue weighted by atomic mass is 10.1. The van der Waals surface area contributed by atoms with Gasteiger partial charge in [0.15, 0.2) is 0 Å². The van der Waals surface area contributed by atoms with Gasteiger partial charge >= 0.3 is 5.69 Å². The van der Waals surface area contributed by atoms with Crippen molar-refractivity contribution < 1.29 is 14.3 Å². The van der Waals surface area contributed by atoms with Gasteiger partial charge in [-0.05, 0) is 13.0 Å². The number of rotatable bonds is 3. The van der Waals surface area contributed by atoms with Gasteiger partial charge in [0.1, 0.15) is 17.4 Å². The van der Waals surface area contributed by atoms with Crippen molar-refractivity contribution in [2.75, 3.05) is 0 Å². The van der Waals surface area contributed by atoms with Crippen LogP contribution in [0, 0.1) is 5.82 Å². The van der Waals surface area contributed by atoms with E-state index in [1.807, 2.05) is 4.98 Å². The van der Waals surface area contributed by atoms with Crippen LogP contribution < -0.4 is 17.0 Å². The fourth-order valence-electron chi connectivity index (χ4n) is 1.93. The number of amides is 1. The van der Waals surface area contributed by atoms with Crippen LogP contribution in [0.4, 0.5) is 4.39 Å². The smallest absolute Gasteiger partial charge is 0.331 e. The predicted octanol–water partition coefficient (Wildman–Crippen LogP) is 0.0946. The summed E-state index contributed by atoms with van der Waals surface area (Å²) >= 11 is 0. The number of hydrogen-bond donors (Lipinski definition) is 3. The molecule has 8 heteroatoms. The predicted molar refractivity (Wildman–Crippen MR) is 72.3 cm³/mol. The highest BCUT2D eigenvalue weighted by Crippen LogP contribution is 2.27. The lowest BCUT2D eigenvalue weighted by Crippen LogP contribution is -2.37. The van der Waals surface area contributed by atoms with Crippen molar-refractivity contribution in [2.24, 2.45) is 5.73 Å². The molecular formula is C13H12FN3O4. The molecule has 1 atom stereocenters. The standard InChI is InChI=1S/C13H12FN3O4/c1-6(10(15)18)17-12(20)9(11(19)16-13(17)21)7-4-2-3-5-8(7)14/h2-6,20H,1H3,(H2,15,18)(H,16,19,21). The zero-order chi connectivity index (χ0) is 15.7. The summed E-state index contributed by atoms with van der Waals surface area (Å²) in [7, 11) is 0. The molecule has 4 N–H and O–H groups in total. The van der Waals surface area contributed by atoms with E-state index in [1.165, 1.54) is 25.1 Å². The fourth-order valence-corrected chi connectivity index (χ4v) is 1.93. The minimum atomic E-state index is -1.21. The third kappa shape index (κ3) is 2.42. The fraction of sp³-hybridized carbons (Fsp3) is 0.154. The van der Waals surface area contributed by atoms with Crippen molar-refractivity contribution in [3.05, 3.63) is 50.9 Å². The van der Waals surface area contributed by atoms with Gasteiger partial charge in [-0.1, -0.05) is 18.2 Å². The number of halogens is 1. The van der Waals surface area contributed by atoms with E-state index in [1.54, 1.807) is 0 Å². The molecule has 1 unspecified atom stereocenters. The second-order valence-corrected chi connectivity index (χ2v) is 4.39. The first kappa shape index (κ1) is 14.5. The molecule has 0 spiro atoms. The minimum absolute atomic E-state index is 0.193. The van der Waals surface area contributed by atoms with Gasteiger partial charge in [0.25, 0.3) is 5.56 Å². The van der Waals surface area contributed by atoms with Crippen molar-refractivity contribution in [3.8, 4) is 17.0 Å². The molecule has 7 nitrogen and oxygen atoms in total. The van der Waals surface area contributed by atoms with Crippen LogP contribution in [0.15, 0.2) is 33.9 Å². The first-order valence-electron chi connectivity index (χ1n) is 5.96. The second kappa shape index (κ2) is 5.23. The third-order valence-corrected chi connectivity index (χ3v) is 3.06. The van der Waals surface area contributed by atoms with E-state index in [0.717, 1.165) is 6.07 Å². The molecule has 1 amide bonds. The number of primary amides is 1. The molecule has 110 valence electrons. The molecule has 0 bridgehead atoms. The normalized spacial score (nSPS) is 12.1. The molecular weight excluding hydrogens is 281 g/mol. The van der Waals surface area contributed by atoms with E-state index in [2.05, 4.69) is 0 Å². The van der Waals surface area contributed by atoms with Gasteiger partial charge < -0.3 is 10.8 Å². The maximum atomic E-state index is 13.8. The molecule has 0 fully saturated rings. The van der Waals surface area contributed by atoms with Crippen molar-refractivity contribution >= 4 is 5.91 Å². The average molecular weight is 293 g/mol. The molecule has 1 heterocycles. The summed E-state index contributed by atoms with van der Waals surface area (Å²) in [6.07, 6.45) is 0. The van der Waals surface area contributed by atoms with Gasteiger partial charge in [0.05, 0.1) is 0 Å². The molecule has 0 saturated heterocycles. The van der Waals surface area contributed by atoms with Gasteiger partial charge in [-0.2, -0.15) is 0 Å². The van der Waals surface area contributed by atoms with Gasteiger partial charge in [0.2, 0.25) is 11.8 Å². The van der Waals surface area contributed by atoms with Crippen molar-refractivity contribution in [1.29, 1.82) is 0 Å². The summed E-state index contributed by atoms with van der Waals surface area (Å²) in [6, 6.07) is 4.03. The number of nitrogens with two attached hydrogens (primary N) is 1. The number of nitrogens with one attached hydrogen (secondary N) is 1. The number of aromatic amines is 1. The first-order chi connectivity index (χ1) is 9.84. The summed E-state index contributed by atoms with van der Waals surface area (Å²) < 4.78 is 14.4. The lowest BCUT2D eigenvalue weighted by molar-refractivity contribution is -0.120. The van der Waals surface area contributed by atoms with E-state index < -0.39 is 40.5 Å². The van der Waals surface area contributed by atoms with E-state index in [4.69, 9.17) is 5.73 Å². The Morgan fingerprint density at radius 1 is 1.38 bits per heavy atom. The van der Waals surface area contributed by atoms with Crippen LogP contribution in [-0.4, -0.2) is 20.6 Å². The summed E-state index contributed by atoms with van der Waals surface area (Å²) in [5.74, 6) is -2.46. The summed E-state index contributed by atoms with van der Waals surface area (Å²) in [5, 5.41) is 10.1. The highest BCUT2D eigenvalue weighted by atomic mass is 19.1. The Balaban J connectivity index is 2.84. The number of H-pyrrole nitrogens is 1. The van der Waals surface area contributed by atoms with Crippen LogP contribution >= 0.6 is 0 Å². The molecule has 2 aromatic rings. The third-order valence-electron chi connectivity index (χ3n) is 3.06. The molecule has 0 aliphatic rings. The van der Waals surface area contributed by atoms with E-state index in [9.17, 15) is 23.9 Å².